The van der Waals surface area contributed by atoms with E-state index in [9.17, 15) is 5.11 Å². The SMILES string of the molecule is CC(C)CCCCCCCCCCCC1(O)C=CC2N(CCCCCN=C(N)N)CCCN21. The van der Waals surface area contributed by atoms with Crippen molar-refractivity contribution in [1.29, 1.82) is 0 Å². The molecule has 6 heteroatoms. The second-order valence-corrected chi connectivity index (χ2v) is 10.7. The lowest BCUT2D eigenvalue weighted by Crippen LogP contribution is -2.58. The zero-order valence-corrected chi connectivity index (χ0v) is 21.7. The van der Waals surface area contributed by atoms with E-state index in [1.54, 1.807) is 0 Å². The highest BCUT2D eigenvalue weighted by atomic mass is 16.3. The van der Waals surface area contributed by atoms with E-state index in [-0.39, 0.29) is 12.1 Å². The van der Waals surface area contributed by atoms with Gasteiger partial charge >= 0.3 is 0 Å². The van der Waals surface area contributed by atoms with Crippen molar-refractivity contribution in [2.24, 2.45) is 22.4 Å². The summed E-state index contributed by atoms with van der Waals surface area (Å²) in [5.74, 6) is 1.04. The molecule has 0 spiro atoms. The maximum atomic E-state index is 11.3. The molecule has 0 aromatic rings. The minimum absolute atomic E-state index is 0.185. The molecule has 0 saturated carbocycles. The zero-order valence-electron chi connectivity index (χ0n) is 21.7. The fourth-order valence-electron chi connectivity index (χ4n) is 5.35. The molecule has 0 radical (unpaired) electrons. The molecule has 2 unspecified atom stereocenters. The second-order valence-electron chi connectivity index (χ2n) is 10.7. The van der Waals surface area contributed by atoms with Gasteiger partial charge in [0.25, 0.3) is 0 Å². The Balaban J connectivity index is 1.55. The Morgan fingerprint density at radius 2 is 1.58 bits per heavy atom. The highest BCUT2D eigenvalue weighted by Crippen LogP contribution is 2.34. The monoisotopic (exact) mass is 463 g/mol. The van der Waals surface area contributed by atoms with Crippen LogP contribution in [0.4, 0.5) is 0 Å². The largest absolute Gasteiger partial charge is 0.372 e. The number of unbranched alkanes of at least 4 members (excludes halogenated alkanes) is 10. The summed E-state index contributed by atoms with van der Waals surface area (Å²) in [5.41, 5.74) is 10.0. The van der Waals surface area contributed by atoms with Crippen LogP contribution in [0, 0.1) is 5.92 Å². The smallest absolute Gasteiger partial charge is 0.185 e. The first-order chi connectivity index (χ1) is 15.9. The third kappa shape index (κ3) is 10.8. The lowest BCUT2D eigenvalue weighted by atomic mass is 10.0. The van der Waals surface area contributed by atoms with E-state index in [1.807, 2.05) is 0 Å². The van der Waals surface area contributed by atoms with Crippen LogP contribution in [0.1, 0.15) is 110 Å². The minimum atomic E-state index is -0.743. The van der Waals surface area contributed by atoms with Crippen molar-refractivity contribution in [3.63, 3.8) is 0 Å². The summed E-state index contributed by atoms with van der Waals surface area (Å²) in [5, 5.41) is 11.3. The van der Waals surface area contributed by atoms with Gasteiger partial charge in [-0.3, -0.25) is 14.8 Å². The van der Waals surface area contributed by atoms with E-state index in [0.29, 0.717) is 0 Å². The molecule has 0 aliphatic carbocycles. The summed E-state index contributed by atoms with van der Waals surface area (Å²) in [6, 6.07) is 0. The quantitative estimate of drug-likeness (QED) is 0.116. The number of nitrogens with two attached hydrogens (primary N) is 2. The van der Waals surface area contributed by atoms with Crippen molar-refractivity contribution in [2.75, 3.05) is 26.2 Å². The van der Waals surface area contributed by atoms with Gasteiger partial charge in [-0.25, -0.2) is 0 Å². The number of aliphatic hydroxyl groups is 1. The van der Waals surface area contributed by atoms with Gasteiger partial charge in [0.05, 0.1) is 6.17 Å². The fourth-order valence-corrected chi connectivity index (χ4v) is 5.35. The molecule has 2 heterocycles. The number of hydrogen-bond acceptors (Lipinski definition) is 4. The number of aliphatic imine (C=N–C) groups is 1. The third-order valence-electron chi connectivity index (χ3n) is 7.29. The van der Waals surface area contributed by atoms with Crippen LogP contribution in [0.25, 0.3) is 0 Å². The van der Waals surface area contributed by atoms with E-state index < -0.39 is 5.72 Å². The minimum Gasteiger partial charge on any atom is -0.372 e. The molecule has 0 amide bonds. The summed E-state index contributed by atoms with van der Waals surface area (Å²) in [6.07, 6.45) is 23.2. The van der Waals surface area contributed by atoms with Gasteiger partial charge in [-0.2, -0.15) is 0 Å². The molecule has 1 fully saturated rings. The molecule has 1 saturated heterocycles. The Kier molecular flexibility index (Phi) is 13.4. The van der Waals surface area contributed by atoms with Gasteiger partial charge in [0.15, 0.2) is 5.96 Å². The second kappa shape index (κ2) is 15.7. The molecule has 33 heavy (non-hydrogen) atoms. The van der Waals surface area contributed by atoms with Crippen molar-refractivity contribution in [1.82, 2.24) is 9.80 Å². The topological polar surface area (TPSA) is 91.1 Å². The third-order valence-corrected chi connectivity index (χ3v) is 7.29. The van der Waals surface area contributed by atoms with E-state index >= 15 is 0 Å². The maximum absolute atomic E-state index is 11.3. The Morgan fingerprint density at radius 3 is 2.24 bits per heavy atom. The van der Waals surface area contributed by atoms with Gasteiger partial charge in [-0.05, 0) is 50.6 Å². The standard InChI is InChI=1S/C27H53N5O/c1-24(2)16-11-8-6-4-3-5-7-9-12-18-27(33)19-17-25-31(22-15-23-32(25)27)21-14-10-13-20-30-26(28)29/h17,19,24-25,33H,3-16,18,20-23H2,1-2H3,(H4,28,29,30). The Hall–Kier alpha value is -1.11. The molecule has 2 aliphatic heterocycles. The maximum Gasteiger partial charge on any atom is 0.185 e. The van der Waals surface area contributed by atoms with E-state index in [1.165, 1.54) is 57.8 Å². The van der Waals surface area contributed by atoms with Gasteiger partial charge in [-0.15, -0.1) is 0 Å². The molecule has 0 bridgehead atoms. The summed E-state index contributed by atoms with van der Waals surface area (Å²) >= 11 is 0. The molecule has 5 N–H and O–H groups in total. The van der Waals surface area contributed by atoms with Crippen molar-refractivity contribution in [2.45, 2.75) is 122 Å². The number of fused-ring (bicyclic) bond motifs is 1. The Morgan fingerprint density at radius 1 is 0.939 bits per heavy atom. The summed E-state index contributed by atoms with van der Waals surface area (Å²) in [4.78, 5) is 8.91. The lowest BCUT2D eigenvalue weighted by Gasteiger charge is -2.45. The van der Waals surface area contributed by atoms with Crippen molar-refractivity contribution in [3.8, 4) is 0 Å². The van der Waals surface area contributed by atoms with Gasteiger partial charge < -0.3 is 16.6 Å². The van der Waals surface area contributed by atoms with Crippen LogP contribution >= 0.6 is 0 Å². The van der Waals surface area contributed by atoms with Gasteiger partial charge in [-0.1, -0.05) is 84.1 Å². The number of rotatable bonds is 18. The summed E-state index contributed by atoms with van der Waals surface area (Å²) < 4.78 is 0. The molecule has 0 aromatic heterocycles. The lowest BCUT2D eigenvalue weighted by molar-refractivity contribution is -0.122. The van der Waals surface area contributed by atoms with Crippen LogP contribution in [0.5, 0.6) is 0 Å². The van der Waals surface area contributed by atoms with Crippen LogP contribution in [-0.4, -0.2) is 58.9 Å². The highest BCUT2D eigenvalue weighted by Gasteiger charge is 2.43. The predicted molar refractivity (Wildman–Crippen MR) is 141 cm³/mol. The zero-order chi connectivity index (χ0) is 23.9. The van der Waals surface area contributed by atoms with Crippen LogP contribution in [0.15, 0.2) is 17.1 Å². The number of hydrogen-bond donors (Lipinski definition) is 3. The number of guanidine groups is 1. The molecular formula is C27H53N5O. The predicted octanol–water partition coefficient (Wildman–Crippen LogP) is 4.97. The molecule has 2 atom stereocenters. The first-order valence-electron chi connectivity index (χ1n) is 13.9. The molecular weight excluding hydrogens is 410 g/mol. The van der Waals surface area contributed by atoms with Crippen LogP contribution in [0.3, 0.4) is 0 Å². The van der Waals surface area contributed by atoms with E-state index in [0.717, 1.165) is 70.6 Å². The van der Waals surface area contributed by atoms with Crippen molar-refractivity contribution >= 4 is 5.96 Å². The van der Waals surface area contributed by atoms with E-state index in [4.69, 9.17) is 11.5 Å². The average Bonchev–Trinajstić information content (AvgIpc) is 3.11. The first kappa shape index (κ1) is 28.1. The number of nitrogens with zero attached hydrogens (tertiary/aromatic N) is 3. The van der Waals surface area contributed by atoms with Crippen molar-refractivity contribution in [3.05, 3.63) is 12.2 Å². The normalized spacial score (nSPS) is 23.3. The highest BCUT2D eigenvalue weighted by molar-refractivity contribution is 5.75. The van der Waals surface area contributed by atoms with Crippen LogP contribution in [-0.2, 0) is 0 Å². The molecule has 0 aromatic carbocycles. The molecule has 6 nitrogen and oxygen atoms in total. The Labute approximate surface area is 203 Å². The molecule has 2 rings (SSSR count). The van der Waals surface area contributed by atoms with E-state index in [2.05, 4.69) is 40.8 Å². The summed E-state index contributed by atoms with van der Waals surface area (Å²) in [6.45, 7) is 8.54. The summed E-state index contributed by atoms with van der Waals surface area (Å²) in [7, 11) is 0. The van der Waals surface area contributed by atoms with Gasteiger partial charge in [0.2, 0.25) is 0 Å². The van der Waals surface area contributed by atoms with Gasteiger partial charge in [0.1, 0.15) is 5.72 Å². The van der Waals surface area contributed by atoms with Gasteiger partial charge in [0, 0.05) is 19.6 Å². The van der Waals surface area contributed by atoms with Crippen LogP contribution < -0.4 is 11.5 Å². The average molecular weight is 464 g/mol. The Bertz CT molecular complexity index is 575. The molecule has 2 aliphatic rings. The van der Waals surface area contributed by atoms with Crippen molar-refractivity contribution < 1.29 is 5.11 Å². The molecule has 192 valence electrons. The first-order valence-corrected chi connectivity index (χ1v) is 13.9. The fraction of sp³-hybridized carbons (Fsp3) is 0.889. The van der Waals surface area contributed by atoms with Crippen LogP contribution in [0.2, 0.25) is 0 Å².